The van der Waals surface area contributed by atoms with Crippen LogP contribution in [0, 0.1) is 0 Å². The molecule has 3 aromatic carbocycles. The maximum atomic E-state index is 13.1. The first kappa shape index (κ1) is 16.9. The number of rotatable bonds is 3. The second-order valence-corrected chi connectivity index (χ2v) is 6.30. The van der Waals surface area contributed by atoms with Crippen LogP contribution in [-0.2, 0) is 0 Å². The van der Waals surface area contributed by atoms with Gasteiger partial charge in [0, 0.05) is 11.3 Å². The van der Waals surface area contributed by atoms with Crippen LogP contribution >= 0.6 is 12.2 Å². The quantitative estimate of drug-likeness (QED) is 0.532. The number of aromatic nitrogens is 2. The molecular weight excluding hydrogens is 356 g/mol. The van der Waals surface area contributed by atoms with E-state index in [9.17, 15) is 4.79 Å². The van der Waals surface area contributed by atoms with Gasteiger partial charge in [0.1, 0.15) is 0 Å². The van der Waals surface area contributed by atoms with Gasteiger partial charge < -0.3 is 5.32 Å². The molecule has 1 heterocycles. The highest BCUT2D eigenvalue weighted by Crippen LogP contribution is 2.18. The fourth-order valence-corrected chi connectivity index (χ4v) is 3.01. The van der Waals surface area contributed by atoms with Gasteiger partial charge in [-0.05, 0) is 36.5 Å². The molecule has 4 aromatic rings. The molecule has 2 N–H and O–H groups in total. The first-order valence-corrected chi connectivity index (χ1v) is 8.83. The van der Waals surface area contributed by atoms with Crippen molar-refractivity contribution in [2.24, 2.45) is 0 Å². The predicted molar refractivity (Wildman–Crippen MR) is 113 cm³/mol. The lowest BCUT2D eigenvalue weighted by Crippen LogP contribution is -2.37. The number of hydrogen-bond acceptors (Lipinski definition) is 3. The van der Waals surface area contributed by atoms with Crippen molar-refractivity contribution in [2.45, 2.75) is 0 Å². The molecule has 0 saturated carbocycles. The number of hydrogen-bond donors (Lipinski definition) is 2. The lowest BCUT2D eigenvalue weighted by Gasteiger charge is -2.17. The Kier molecular flexibility index (Phi) is 4.63. The molecule has 0 radical (unpaired) electrons. The van der Waals surface area contributed by atoms with E-state index in [0.29, 0.717) is 21.8 Å². The van der Waals surface area contributed by atoms with Crippen LogP contribution in [0.1, 0.15) is 0 Å². The highest BCUT2D eigenvalue weighted by atomic mass is 32.1. The van der Waals surface area contributed by atoms with Crippen LogP contribution in [0.5, 0.6) is 0 Å². The van der Waals surface area contributed by atoms with Gasteiger partial charge in [-0.3, -0.25) is 10.2 Å². The SMILES string of the molecule is O=c1c2ccccc2nc(-c2ccccc2)n1NC(=S)Nc1ccccc1. The molecule has 27 heavy (non-hydrogen) atoms. The predicted octanol–water partition coefficient (Wildman–Crippen LogP) is 4.00. The van der Waals surface area contributed by atoms with E-state index in [0.717, 1.165) is 11.3 Å². The summed E-state index contributed by atoms with van der Waals surface area (Å²) in [6.45, 7) is 0. The molecule has 6 heteroatoms. The van der Waals surface area contributed by atoms with E-state index in [1.54, 1.807) is 6.07 Å². The molecule has 0 saturated heterocycles. The van der Waals surface area contributed by atoms with Gasteiger partial charge in [0.2, 0.25) is 0 Å². The van der Waals surface area contributed by atoms with Crippen LogP contribution in [-0.4, -0.2) is 14.8 Å². The van der Waals surface area contributed by atoms with E-state index in [-0.39, 0.29) is 5.56 Å². The van der Waals surface area contributed by atoms with Gasteiger partial charge in [0.15, 0.2) is 10.9 Å². The molecule has 0 aliphatic heterocycles. The van der Waals surface area contributed by atoms with E-state index >= 15 is 0 Å². The number of anilines is 1. The summed E-state index contributed by atoms with van der Waals surface area (Å²) >= 11 is 5.40. The van der Waals surface area contributed by atoms with E-state index < -0.39 is 0 Å². The Morgan fingerprint density at radius 1 is 0.852 bits per heavy atom. The zero-order valence-electron chi connectivity index (χ0n) is 14.3. The first-order chi connectivity index (χ1) is 13.2. The summed E-state index contributed by atoms with van der Waals surface area (Å²) in [5.41, 5.74) is 5.06. The Hall–Kier alpha value is -3.51. The number of fused-ring (bicyclic) bond motifs is 1. The normalized spacial score (nSPS) is 10.5. The Balaban J connectivity index is 1.79. The first-order valence-electron chi connectivity index (χ1n) is 8.42. The van der Waals surface area contributed by atoms with Crippen molar-refractivity contribution in [3.63, 3.8) is 0 Å². The fraction of sp³-hybridized carbons (Fsp3) is 0. The second kappa shape index (κ2) is 7.39. The van der Waals surface area contributed by atoms with Gasteiger partial charge in [-0.2, -0.15) is 4.68 Å². The Labute approximate surface area is 161 Å². The molecular formula is C21H16N4OS. The summed E-state index contributed by atoms with van der Waals surface area (Å²) in [6.07, 6.45) is 0. The second-order valence-electron chi connectivity index (χ2n) is 5.89. The lowest BCUT2D eigenvalue weighted by atomic mass is 10.2. The maximum Gasteiger partial charge on any atom is 0.280 e. The highest BCUT2D eigenvalue weighted by molar-refractivity contribution is 7.80. The third kappa shape index (κ3) is 3.56. The third-order valence-corrected chi connectivity index (χ3v) is 4.25. The standard InChI is InChI=1S/C21H16N4OS/c26-20-17-13-7-8-14-18(17)23-19(15-9-3-1-4-10-15)25(20)24-21(27)22-16-11-5-2-6-12-16/h1-14H,(H2,22,24,27). The minimum atomic E-state index is -0.211. The van der Waals surface area contributed by atoms with Crippen molar-refractivity contribution >= 4 is 33.9 Å². The van der Waals surface area contributed by atoms with Crippen molar-refractivity contribution in [2.75, 3.05) is 10.7 Å². The van der Waals surface area contributed by atoms with Gasteiger partial charge in [-0.1, -0.05) is 60.7 Å². The van der Waals surface area contributed by atoms with Gasteiger partial charge >= 0.3 is 0 Å². The third-order valence-electron chi connectivity index (χ3n) is 4.05. The van der Waals surface area contributed by atoms with Gasteiger partial charge in [0.25, 0.3) is 5.56 Å². The van der Waals surface area contributed by atoms with Gasteiger partial charge in [-0.25, -0.2) is 4.98 Å². The molecule has 1 aromatic heterocycles. The minimum Gasteiger partial charge on any atom is -0.331 e. The summed E-state index contributed by atoms with van der Waals surface area (Å²) in [7, 11) is 0. The largest absolute Gasteiger partial charge is 0.331 e. The molecule has 0 fully saturated rings. The topological polar surface area (TPSA) is 59.0 Å². The van der Waals surface area contributed by atoms with Crippen molar-refractivity contribution in [3.05, 3.63) is 95.3 Å². The molecule has 132 valence electrons. The minimum absolute atomic E-state index is 0.211. The maximum absolute atomic E-state index is 13.1. The zero-order chi connectivity index (χ0) is 18.6. The number of nitrogens with one attached hydrogen (secondary N) is 2. The van der Waals surface area contributed by atoms with Crippen LogP contribution in [0.15, 0.2) is 89.7 Å². The molecule has 0 bridgehead atoms. The molecule has 0 aliphatic rings. The van der Waals surface area contributed by atoms with Crippen LogP contribution in [0.3, 0.4) is 0 Å². The molecule has 0 unspecified atom stereocenters. The van der Waals surface area contributed by atoms with E-state index in [1.807, 2.05) is 78.9 Å². The average molecular weight is 372 g/mol. The monoisotopic (exact) mass is 372 g/mol. The highest BCUT2D eigenvalue weighted by Gasteiger charge is 2.13. The van der Waals surface area contributed by atoms with Crippen molar-refractivity contribution in [1.29, 1.82) is 0 Å². The van der Waals surface area contributed by atoms with Crippen LogP contribution < -0.4 is 16.3 Å². The van der Waals surface area contributed by atoms with E-state index in [2.05, 4.69) is 15.7 Å². The average Bonchev–Trinajstić information content (AvgIpc) is 2.71. The smallest absolute Gasteiger partial charge is 0.280 e. The summed E-state index contributed by atoms with van der Waals surface area (Å²) in [5, 5.41) is 3.90. The van der Waals surface area contributed by atoms with Crippen LogP contribution in [0.4, 0.5) is 5.69 Å². The van der Waals surface area contributed by atoms with Gasteiger partial charge in [-0.15, -0.1) is 0 Å². The summed E-state index contributed by atoms with van der Waals surface area (Å²) in [4.78, 5) is 17.8. The fourth-order valence-electron chi connectivity index (χ4n) is 2.80. The zero-order valence-corrected chi connectivity index (χ0v) is 15.1. The van der Waals surface area contributed by atoms with Crippen molar-refractivity contribution in [3.8, 4) is 11.4 Å². The van der Waals surface area contributed by atoms with Gasteiger partial charge in [0.05, 0.1) is 10.9 Å². The number of benzene rings is 3. The number of nitrogens with zero attached hydrogens (tertiary/aromatic N) is 2. The Bertz CT molecular complexity index is 1160. The van der Waals surface area contributed by atoms with E-state index in [1.165, 1.54) is 4.68 Å². The summed E-state index contributed by atoms with van der Waals surface area (Å²) in [5.74, 6) is 0.497. The summed E-state index contributed by atoms with van der Waals surface area (Å²) in [6, 6.07) is 26.3. The molecule has 0 atom stereocenters. The van der Waals surface area contributed by atoms with E-state index in [4.69, 9.17) is 12.2 Å². The van der Waals surface area contributed by atoms with Crippen LogP contribution in [0.2, 0.25) is 0 Å². The molecule has 4 rings (SSSR count). The van der Waals surface area contributed by atoms with Crippen LogP contribution in [0.25, 0.3) is 22.3 Å². The molecule has 0 aliphatic carbocycles. The number of para-hydroxylation sites is 2. The van der Waals surface area contributed by atoms with Crippen molar-refractivity contribution in [1.82, 2.24) is 9.66 Å². The summed E-state index contributed by atoms with van der Waals surface area (Å²) < 4.78 is 1.38. The molecule has 0 amide bonds. The Morgan fingerprint density at radius 3 is 2.22 bits per heavy atom. The molecule has 5 nitrogen and oxygen atoms in total. The number of thiocarbonyl (C=S) groups is 1. The molecule has 0 spiro atoms. The lowest BCUT2D eigenvalue weighted by molar-refractivity contribution is 0.909. The Morgan fingerprint density at radius 2 is 1.48 bits per heavy atom. The van der Waals surface area contributed by atoms with Crippen molar-refractivity contribution < 1.29 is 0 Å².